The summed E-state index contributed by atoms with van der Waals surface area (Å²) in [6.45, 7) is 3.90. The van der Waals surface area contributed by atoms with Crippen molar-refractivity contribution in [3.8, 4) is 5.75 Å². The molecule has 0 bridgehead atoms. The fourth-order valence-corrected chi connectivity index (χ4v) is 3.28. The lowest BCUT2D eigenvalue weighted by Crippen LogP contribution is -2.36. The summed E-state index contributed by atoms with van der Waals surface area (Å²) in [5, 5.41) is 0. The second-order valence-corrected chi connectivity index (χ2v) is 6.39. The summed E-state index contributed by atoms with van der Waals surface area (Å²) in [5.41, 5.74) is 5.22. The molecule has 1 aliphatic heterocycles. The second-order valence-electron chi connectivity index (χ2n) is 6.39. The van der Waals surface area contributed by atoms with Gasteiger partial charge in [-0.2, -0.15) is 0 Å². The Morgan fingerprint density at radius 1 is 1.22 bits per heavy atom. The second kappa shape index (κ2) is 5.72. The molecule has 122 valence electrons. The highest BCUT2D eigenvalue weighted by molar-refractivity contribution is 6.28. The van der Waals surface area contributed by atoms with Crippen molar-refractivity contribution in [2.45, 2.75) is 51.2 Å². The number of nitrogens with two attached hydrogens (primary N) is 1. The van der Waals surface area contributed by atoms with Crippen LogP contribution in [0.3, 0.4) is 0 Å². The number of Topliss-reactive ketones (excluding diaryl/α,β-unsaturated/α-hetero) is 1. The summed E-state index contributed by atoms with van der Waals surface area (Å²) in [4.78, 5) is 24.4. The number of amides is 1. The molecule has 1 amide bonds. The largest absolute Gasteiger partial charge is 0.491 e. The van der Waals surface area contributed by atoms with E-state index in [4.69, 9.17) is 15.2 Å². The lowest BCUT2D eigenvalue weighted by molar-refractivity contribution is -0.130. The molecule has 1 aliphatic carbocycles. The van der Waals surface area contributed by atoms with Gasteiger partial charge in [-0.15, -0.1) is 0 Å². The van der Waals surface area contributed by atoms with Crippen LogP contribution in [0.4, 0.5) is 0 Å². The maximum Gasteiger partial charge on any atom is 0.256 e. The molecule has 1 heterocycles. The van der Waals surface area contributed by atoms with Crippen molar-refractivity contribution >= 4 is 17.4 Å². The highest BCUT2D eigenvalue weighted by Crippen LogP contribution is 2.45. The first-order valence-corrected chi connectivity index (χ1v) is 7.98. The van der Waals surface area contributed by atoms with Crippen LogP contribution in [0.15, 0.2) is 29.8 Å². The minimum Gasteiger partial charge on any atom is -0.491 e. The van der Waals surface area contributed by atoms with Crippen molar-refractivity contribution in [3.63, 3.8) is 0 Å². The van der Waals surface area contributed by atoms with Gasteiger partial charge < -0.3 is 15.2 Å². The van der Waals surface area contributed by atoms with Crippen molar-refractivity contribution in [3.05, 3.63) is 35.4 Å². The number of ketones is 1. The van der Waals surface area contributed by atoms with Crippen LogP contribution in [0.2, 0.25) is 0 Å². The average Bonchev–Trinajstić information content (AvgIpc) is 3.06. The van der Waals surface area contributed by atoms with Gasteiger partial charge in [-0.25, -0.2) is 0 Å². The van der Waals surface area contributed by atoms with E-state index in [9.17, 15) is 9.59 Å². The first kappa shape index (κ1) is 15.6. The third-order valence-corrected chi connectivity index (χ3v) is 4.31. The van der Waals surface area contributed by atoms with Crippen LogP contribution in [0.1, 0.15) is 45.1 Å². The fourth-order valence-electron chi connectivity index (χ4n) is 3.28. The van der Waals surface area contributed by atoms with Gasteiger partial charge in [0.25, 0.3) is 5.91 Å². The van der Waals surface area contributed by atoms with Gasteiger partial charge in [-0.1, -0.05) is 0 Å². The molecule has 0 aromatic heterocycles. The summed E-state index contributed by atoms with van der Waals surface area (Å²) in [7, 11) is 0. The zero-order chi connectivity index (χ0) is 16.6. The van der Waals surface area contributed by atoms with E-state index in [1.807, 2.05) is 13.8 Å². The summed E-state index contributed by atoms with van der Waals surface area (Å²) in [5.74, 6) is 0.0432. The Morgan fingerprint density at radius 2 is 1.83 bits per heavy atom. The molecule has 0 atom stereocenters. The van der Waals surface area contributed by atoms with Gasteiger partial charge in [0.2, 0.25) is 5.78 Å². The van der Waals surface area contributed by atoms with Crippen molar-refractivity contribution in [2.24, 2.45) is 5.73 Å². The Bertz CT molecular complexity index is 667. The van der Waals surface area contributed by atoms with E-state index >= 15 is 0 Å². The van der Waals surface area contributed by atoms with Gasteiger partial charge in [-0.3, -0.25) is 9.59 Å². The van der Waals surface area contributed by atoms with E-state index in [0.717, 1.165) is 18.6 Å². The SMILES string of the molecule is CC(C)Oc1ccc(C2=C(C(N)=O)C(=O)C3(CCCC3)O2)cc1. The number of primary amides is 1. The predicted octanol–water partition coefficient (Wildman–Crippen LogP) is 2.58. The maximum absolute atomic E-state index is 12.7. The Balaban J connectivity index is 1.95. The van der Waals surface area contributed by atoms with Crippen LogP contribution in [0.25, 0.3) is 5.76 Å². The molecule has 1 spiro atoms. The third kappa shape index (κ3) is 2.71. The van der Waals surface area contributed by atoms with Crippen LogP contribution in [-0.4, -0.2) is 23.4 Å². The number of ether oxygens (including phenoxy) is 2. The van der Waals surface area contributed by atoms with Crippen LogP contribution in [-0.2, 0) is 14.3 Å². The zero-order valence-electron chi connectivity index (χ0n) is 13.4. The quantitative estimate of drug-likeness (QED) is 0.866. The monoisotopic (exact) mass is 315 g/mol. The topological polar surface area (TPSA) is 78.6 Å². The van der Waals surface area contributed by atoms with Crippen LogP contribution < -0.4 is 10.5 Å². The van der Waals surface area contributed by atoms with Gasteiger partial charge in [-0.05, 0) is 63.8 Å². The molecule has 23 heavy (non-hydrogen) atoms. The van der Waals surface area contributed by atoms with E-state index in [-0.39, 0.29) is 17.5 Å². The molecule has 5 heteroatoms. The summed E-state index contributed by atoms with van der Waals surface area (Å²) in [6, 6.07) is 7.18. The molecule has 0 radical (unpaired) electrons. The van der Waals surface area contributed by atoms with E-state index in [0.29, 0.717) is 24.2 Å². The molecule has 2 N–H and O–H groups in total. The summed E-state index contributed by atoms with van der Waals surface area (Å²) in [6.07, 6.45) is 3.20. The Morgan fingerprint density at radius 3 is 2.35 bits per heavy atom. The summed E-state index contributed by atoms with van der Waals surface area (Å²) >= 11 is 0. The molecular formula is C18H21NO4. The maximum atomic E-state index is 12.7. The number of rotatable bonds is 4. The number of carbonyl (C=O) groups is 2. The van der Waals surface area contributed by atoms with Crippen LogP contribution in [0.5, 0.6) is 5.75 Å². The predicted molar refractivity (Wildman–Crippen MR) is 85.6 cm³/mol. The van der Waals surface area contributed by atoms with Gasteiger partial charge in [0, 0.05) is 5.56 Å². The van der Waals surface area contributed by atoms with Crippen LogP contribution >= 0.6 is 0 Å². The zero-order valence-corrected chi connectivity index (χ0v) is 13.4. The van der Waals surface area contributed by atoms with Gasteiger partial charge in [0.1, 0.15) is 17.1 Å². The molecule has 0 unspecified atom stereocenters. The van der Waals surface area contributed by atoms with E-state index < -0.39 is 11.5 Å². The molecule has 5 nitrogen and oxygen atoms in total. The fraction of sp³-hybridized carbons (Fsp3) is 0.444. The lowest BCUT2D eigenvalue weighted by atomic mass is 9.92. The Kier molecular flexibility index (Phi) is 3.88. The highest BCUT2D eigenvalue weighted by atomic mass is 16.5. The van der Waals surface area contributed by atoms with E-state index in [1.54, 1.807) is 24.3 Å². The number of hydrogen-bond donors (Lipinski definition) is 1. The molecule has 1 aromatic rings. The highest BCUT2D eigenvalue weighted by Gasteiger charge is 2.52. The molecule has 2 aliphatic rings. The summed E-state index contributed by atoms with van der Waals surface area (Å²) < 4.78 is 11.6. The Hall–Kier alpha value is -2.30. The van der Waals surface area contributed by atoms with Crippen molar-refractivity contribution < 1.29 is 19.1 Å². The molecule has 1 fully saturated rings. The average molecular weight is 315 g/mol. The van der Waals surface area contributed by atoms with Crippen molar-refractivity contribution in [1.29, 1.82) is 0 Å². The van der Waals surface area contributed by atoms with E-state index in [1.165, 1.54) is 0 Å². The first-order valence-electron chi connectivity index (χ1n) is 7.98. The first-order chi connectivity index (χ1) is 10.9. The van der Waals surface area contributed by atoms with Crippen molar-refractivity contribution in [2.75, 3.05) is 0 Å². The molecule has 3 rings (SSSR count). The van der Waals surface area contributed by atoms with Gasteiger partial charge >= 0.3 is 0 Å². The van der Waals surface area contributed by atoms with Crippen molar-refractivity contribution in [1.82, 2.24) is 0 Å². The standard InChI is InChI=1S/C18H21NO4/c1-11(2)22-13-7-5-12(6-8-13)15-14(17(19)21)16(20)18(23-15)9-3-4-10-18/h5-8,11H,3-4,9-10H2,1-2H3,(H2,19,21). The smallest absolute Gasteiger partial charge is 0.256 e. The molecule has 1 saturated carbocycles. The number of benzene rings is 1. The van der Waals surface area contributed by atoms with Gasteiger partial charge in [0.05, 0.1) is 6.10 Å². The minimum absolute atomic E-state index is 0.00979. The lowest BCUT2D eigenvalue weighted by Gasteiger charge is -2.22. The normalized spacial score (nSPS) is 19.5. The molecule has 1 aromatic carbocycles. The molecular weight excluding hydrogens is 294 g/mol. The van der Waals surface area contributed by atoms with Crippen LogP contribution in [0, 0.1) is 0 Å². The Labute approximate surface area is 135 Å². The minimum atomic E-state index is -0.882. The molecule has 0 saturated heterocycles. The number of hydrogen-bond acceptors (Lipinski definition) is 4. The van der Waals surface area contributed by atoms with Gasteiger partial charge in [0.15, 0.2) is 5.60 Å². The number of carbonyl (C=O) groups excluding carboxylic acids is 2. The van der Waals surface area contributed by atoms with E-state index in [2.05, 4.69) is 0 Å². The third-order valence-electron chi connectivity index (χ3n) is 4.31.